The van der Waals surface area contributed by atoms with Crippen molar-refractivity contribution in [1.29, 1.82) is 0 Å². The van der Waals surface area contributed by atoms with Gasteiger partial charge in [-0.2, -0.15) is 0 Å². The molecule has 1 aromatic rings. The van der Waals surface area contributed by atoms with E-state index in [2.05, 4.69) is 5.32 Å². The van der Waals surface area contributed by atoms with Crippen molar-refractivity contribution in [3.63, 3.8) is 0 Å². The van der Waals surface area contributed by atoms with Gasteiger partial charge in [0.2, 0.25) is 11.8 Å². The first-order chi connectivity index (χ1) is 11.5. The van der Waals surface area contributed by atoms with Crippen LogP contribution in [-0.2, 0) is 19.1 Å². The van der Waals surface area contributed by atoms with E-state index in [9.17, 15) is 14.4 Å². The van der Waals surface area contributed by atoms with Crippen LogP contribution in [0.1, 0.15) is 39.5 Å². The molecule has 1 aromatic carbocycles. The Morgan fingerprint density at radius 3 is 2.58 bits per heavy atom. The Hall–Kier alpha value is -2.37. The smallest absolute Gasteiger partial charge is 0.311 e. The molecule has 6 nitrogen and oxygen atoms in total. The molecule has 24 heavy (non-hydrogen) atoms. The van der Waals surface area contributed by atoms with Gasteiger partial charge in [-0.1, -0.05) is 13.3 Å². The van der Waals surface area contributed by atoms with E-state index in [-0.39, 0.29) is 24.2 Å². The summed E-state index contributed by atoms with van der Waals surface area (Å²) in [6.07, 6.45) is 2.52. The predicted molar refractivity (Wildman–Crippen MR) is 91.7 cm³/mol. The average molecular weight is 332 g/mol. The molecule has 6 heteroatoms. The molecule has 0 radical (unpaired) electrons. The third-order valence-electron chi connectivity index (χ3n) is 3.97. The molecule has 1 fully saturated rings. The van der Waals surface area contributed by atoms with Crippen LogP contribution in [0.15, 0.2) is 24.3 Å². The largest absolute Gasteiger partial charge is 0.466 e. The number of benzene rings is 1. The second-order valence-corrected chi connectivity index (χ2v) is 5.86. The number of anilines is 2. The molecule has 1 N–H and O–H groups in total. The van der Waals surface area contributed by atoms with Gasteiger partial charge in [-0.25, -0.2) is 0 Å². The molecule has 2 amide bonds. The summed E-state index contributed by atoms with van der Waals surface area (Å²) in [5.41, 5.74) is 1.42. The Balaban J connectivity index is 1.96. The average Bonchev–Trinajstić information content (AvgIpc) is 2.96. The highest BCUT2D eigenvalue weighted by molar-refractivity contribution is 5.99. The Morgan fingerprint density at radius 1 is 1.25 bits per heavy atom. The molecule has 1 atom stereocenters. The van der Waals surface area contributed by atoms with E-state index < -0.39 is 5.92 Å². The highest BCUT2D eigenvalue weighted by Crippen LogP contribution is 2.27. The minimum atomic E-state index is -0.411. The SMILES string of the molecule is CCCCC(=O)Nc1ccc(N2CC(C(=O)OCC)CC2=O)cc1. The van der Waals surface area contributed by atoms with Crippen molar-refractivity contribution in [2.75, 3.05) is 23.4 Å². The van der Waals surface area contributed by atoms with Gasteiger partial charge in [0.1, 0.15) is 0 Å². The quantitative estimate of drug-likeness (QED) is 0.779. The van der Waals surface area contributed by atoms with E-state index in [0.29, 0.717) is 25.3 Å². The fraction of sp³-hybridized carbons (Fsp3) is 0.500. The zero-order valence-electron chi connectivity index (χ0n) is 14.2. The van der Waals surface area contributed by atoms with Crippen molar-refractivity contribution in [2.24, 2.45) is 5.92 Å². The standard InChI is InChI=1S/C18H24N2O4/c1-3-5-6-16(21)19-14-7-9-15(10-8-14)20-12-13(11-17(20)22)18(23)24-4-2/h7-10,13H,3-6,11-12H2,1-2H3,(H,19,21). The highest BCUT2D eigenvalue weighted by Gasteiger charge is 2.35. The summed E-state index contributed by atoms with van der Waals surface area (Å²) in [6, 6.07) is 7.09. The van der Waals surface area contributed by atoms with Gasteiger partial charge in [-0.05, 0) is 37.6 Å². The van der Waals surface area contributed by atoms with E-state index in [1.165, 1.54) is 0 Å². The van der Waals surface area contributed by atoms with E-state index in [4.69, 9.17) is 4.74 Å². The first kappa shape index (κ1) is 18.0. The van der Waals surface area contributed by atoms with Crippen molar-refractivity contribution < 1.29 is 19.1 Å². The first-order valence-corrected chi connectivity index (χ1v) is 8.42. The van der Waals surface area contributed by atoms with E-state index >= 15 is 0 Å². The van der Waals surface area contributed by atoms with Gasteiger partial charge in [0.25, 0.3) is 0 Å². The minimum absolute atomic E-state index is 0.00998. The summed E-state index contributed by atoms with van der Waals surface area (Å²) in [5.74, 6) is -0.837. The van der Waals surface area contributed by atoms with Crippen LogP contribution >= 0.6 is 0 Å². The van der Waals surface area contributed by atoms with Gasteiger partial charge < -0.3 is 15.0 Å². The molecule has 1 saturated heterocycles. The fourth-order valence-electron chi connectivity index (χ4n) is 2.66. The maximum atomic E-state index is 12.1. The van der Waals surface area contributed by atoms with Crippen LogP contribution in [-0.4, -0.2) is 30.9 Å². The normalized spacial score (nSPS) is 17.0. The lowest BCUT2D eigenvalue weighted by Gasteiger charge is -2.17. The topological polar surface area (TPSA) is 75.7 Å². The Labute approximate surface area is 142 Å². The second-order valence-electron chi connectivity index (χ2n) is 5.86. The third kappa shape index (κ3) is 4.57. The lowest BCUT2D eigenvalue weighted by atomic mass is 10.1. The number of carbonyl (C=O) groups excluding carboxylic acids is 3. The summed E-state index contributed by atoms with van der Waals surface area (Å²) in [5, 5.41) is 2.83. The summed E-state index contributed by atoms with van der Waals surface area (Å²) < 4.78 is 4.99. The number of carbonyl (C=O) groups is 3. The van der Waals surface area contributed by atoms with Gasteiger partial charge >= 0.3 is 5.97 Å². The van der Waals surface area contributed by atoms with Crippen molar-refractivity contribution in [3.8, 4) is 0 Å². The van der Waals surface area contributed by atoms with Crippen LogP contribution in [0.4, 0.5) is 11.4 Å². The van der Waals surface area contributed by atoms with E-state index in [0.717, 1.165) is 18.5 Å². The zero-order chi connectivity index (χ0) is 17.5. The summed E-state index contributed by atoms with van der Waals surface area (Å²) in [7, 11) is 0. The molecule has 0 bridgehead atoms. The summed E-state index contributed by atoms with van der Waals surface area (Å²) >= 11 is 0. The van der Waals surface area contributed by atoms with Crippen LogP contribution in [0.5, 0.6) is 0 Å². The number of amides is 2. The number of hydrogen-bond acceptors (Lipinski definition) is 4. The number of rotatable bonds is 7. The van der Waals surface area contributed by atoms with Crippen LogP contribution in [0.3, 0.4) is 0 Å². The third-order valence-corrected chi connectivity index (χ3v) is 3.97. The van der Waals surface area contributed by atoms with Gasteiger partial charge in [0.05, 0.1) is 12.5 Å². The van der Waals surface area contributed by atoms with Crippen molar-refractivity contribution in [2.45, 2.75) is 39.5 Å². The molecule has 1 aliphatic heterocycles. The molecule has 0 aromatic heterocycles. The van der Waals surface area contributed by atoms with Gasteiger partial charge in [0.15, 0.2) is 0 Å². The lowest BCUT2D eigenvalue weighted by molar-refractivity contribution is -0.147. The molecule has 1 heterocycles. The number of esters is 1. The van der Waals surface area contributed by atoms with Crippen LogP contribution in [0.25, 0.3) is 0 Å². The molecule has 0 saturated carbocycles. The van der Waals surface area contributed by atoms with Gasteiger partial charge in [-0.3, -0.25) is 14.4 Å². The first-order valence-electron chi connectivity index (χ1n) is 8.42. The monoisotopic (exact) mass is 332 g/mol. The number of unbranched alkanes of at least 4 members (excludes halogenated alkanes) is 1. The van der Waals surface area contributed by atoms with Gasteiger partial charge in [0, 0.05) is 30.8 Å². The molecule has 2 rings (SSSR count). The predicted octanol–water partition coefficient (Wildman–Crippen LogP) is 2.73. The second kappa shape index (κ2) is 8.47. The number of nitrogens with zero attached hydrogens (tertiary/aromatic N) is 1. The number of hydrogen-bond donors (Lipinski definition) is 1. The van der Waals surface area contributed by atoms with Crippen LogP contribution in [0.2, 0.25) is 0 Å². The minimum Gasteiger partial charge on any atom is -0.466 e. The van der Waals surface area contributed by atoms with Crippen molar-refractivity contribution >= 4 is 29.2 Å². The van der Waals surface area contributed by atoms with Gasteiger partial charge in [-0.15, -0.1) is 0 Å². The fourth-order valence-corrected chi connectivity index (χ4v) is 2.66. The van der Waals surface area contributed by atoms with Crippen LogP contribution in [0, 0.1) is 5.92 Å². The lowest BCUT2D eigenvalue weighted by Crippen LogP contribution is -2.26. The zero-order valence-corrected chi connectivity index (χ0v) is 14.2. The molecule has 130 valence electrons. The van der Waals surface area contributed by atoms with Crippen molar-refractivity contribution in [1.82, 2.24) is 0 Å². The molecule has 1 aliphatic rings. The maximum Gasteiger partial charge on any atom is 0.311 e. The maximum absolute atomic E-state index is 12.1. The van der Waals surface area contributed by atoms with E-state index in [1.807, 2.05) is 6.92 Å². The highest BCUT2D eigenvalue weighted by atomic mass is 16.5. The molecular formula is C18H24N2O4. The van der Waals surface area contributed by atoms with Crippen LogP contribution < -0.4 is 10.2 Å². The molecule has 1 unspecified atom stereocenters. The Kier molecular flexibility index (Phi) is 6.35. The Morgan fingerprint density at radius 2 is 1.96 bits per heavy atom. The molecular weight excluding hydrogens is 308 g/mol. The Bertz CT molecular complexity index is 598. The van der Waals surface area contributed by atoms with Crippen molar-refractivity contribution in [3.05, 3.63) is 24.3 Å². The summed E-state index contributed by atoms with van der Waals surface area (Å²) in [4.78, 5) is 37.2. The summed E-state index contributed by atoms with van der Waals surface area (Å²) in [6.45, 7) is 4.44. The molecule has 0 spiro atoms. The van der Waals surface area contributed by atoms with E-state index in [1.54, 1.807) is 36.1 Å². The number of nitrogens with one attached hydrogen (secondary N) is 1. The molecule has 0 aliphatic carbocycles. The number of ether oxygens (including phenoxy) is 1.